The van der Waals surface area contributed by atoms with Gasteiger partial charge >= 0.3 is 0 Å². The van der Waals surface area contributed by atoms with E-state index in [4.69, 9.17) is 0 Å². The molecule has 0 atom stereocenters. The zero-order chi connectivity index (χ0) is 13.9. The Morgan fingerprint density at radius 2 is 1.84 bits per heavy atom. The van der Waals surface area contributed by atoms with Gasteiger partial charge in [-0.2, -0.15) is 0 Å². The van der Waals surface area contributed by atoms with E-state index >= 15 is 0 Å². The molecule has 0 fully saturated rings. The summed E-state index contributed by atoms with van der Waals surface area (Å²) in [6, 6.07) is 8.65. The molecule has 102 valence electrons. The van der Waals surface area contributed by atoms with Gasteiger partial charge in [-0.1, -0.05) is 0 Å². The Labute approximate surface area is 117 Å². The van der Waals surface area contributed by atoms with Crippen LogP contribution in [0.15, 0.2) is 40.6 Å². The predicted octanol–water partition coefficient (Wildman–Crippen LogP) is 2.58. The summed E-state index contributed by atoms with van der Waals surface area (Å²) in [4.78, 5) is 1.32. The Bertz CT molecular complexity index is 646. The average Bonchev–Trinajstić information content (AvgIpc) is 2.82. The van der Waals surface area contributed by atoms with Gasteiger partial charge in [-0.25, -0.2) is 13.1 Å². The van der Waals surface area contributed by atoms with Gasteiger partial charge in [0.15, 0.2) is 0 Å². The molecule has 1 aromatic heterocycles. The van der Waals surface area contributed by atoms with Gasteiger partial charge in [0, 0.05) is 24.2 Å². The van der Waals surface area contributed by atoms with E-state index in [1.807, 2.05) is 18.4 Å². The van der Waals surface area contributed by atoms with Crippen LogP contribution in [0, 0.1) is 6.92 Å². The molecule has 0 amide bonds. The van der Waals surface area contributed by atoms with Gasteiger partial charge in [0.1, 0.15) is 0 Å². The fraction of sp³-hybridized carbons (Fsp3) is 0.231. The van der Waals surface area contributed by atoms with E-state index in [1.165, 1.54) is 0 Å². The molecule has 6 heteroatoms. The van der Waals surface area contributed by atoms with Gasteiger partial charge in [-0.05, 0) is 48.2 Å². The van der Waals surface area contributed by atoms with Gasteiger partial charge in [-0.3, -0.25) is 0 Å². The molecule has 0 aliphatic rings. The largest absolute Gasteiger partial charge is 0.388 e. The fourth-order valence-corrected chi connectivity index (χ4v) is 3.56. The number of rotatable bonds is 5. The molecule has 0 saturated heterocycles. The number of thiophene rings is 1. The Kier molecular flexibility index (Phi) is 4.24. The SMILES string of the molecule is CNc1ccc(S(=O)(=O)NCc2sccc2C)cc1. The lowest BCUT2D eigenvalue weighted by molar-refractivity contribution is 0.582. The Morgan fingerprint density at radius 1 is 1.16 bits per heavy atom. The Morgan fingerprint density at radius 3 is 2.37 bits per heavy atom. The van der Waals surface area contributed by atoms with Gasteiger partial charge in [0.25, 0.3) is 0 Å². The highest BCUT2D eigenvalue weighted by molar-refractivity contribution is 7.89. The van der Waals surface area contributed by atoms with Crippen LogP contribution >= 0.6 is 11.3 Å². The number of benzene rings is 1. The van der Waals surface area contributed by atoms with Crippen LogP contribution in [0.5, 0.6) is 0 Å². The Hall–Kier alpha value is -1.37. The minimum absolute atomic E-state index is 0.278. The standard InChI is InChI=1S/C13H16N2O2S2/c1-10-7-8-18-13(10)9-15-19(16,17)12-5-3-11(14-2)4-6-12/h3-8,14-15H,9H2,1-2H3. The molecule has 2 rings (SSSR count). The quantitative estimate of drug-likeness (QED) is 0.891. The maximum atomic E-state index is 12.1. The molecule has 2 N–H and O–H groups in total. The third kappa shape index (κ3) is 3.34. The van der Waals surface area contributed by atoms with Crippen LogP contribution in [0.4, 0.5) is 5.69 Å². The van der Waals surface area contributed by atoms with E-state index in [9.17, 15) is 8.42 Å². The molecule has 0 aliphatic heterocycles. The lowest BCUT2D eigenvalue weighted by Crippen LogP contribution is -2.23. The maximum Gasteiger partial charge on any atom is 0.240 e. The number of sulfonamides is 1. The normalized spacial score (nSPS) is 11.5. The van der Waals surface area contributed by atoms with Gasteiger partial charge in [0.05, 0.1) is 4.90 Å². The third-order valence-electron chi connectivity index (χ3n) is 2.84. The van der Waals surface area contributed by atoms with E-state index < -0.39 is 10.0 Å². The van der Waals surface area contributed by atoms with Crippen molar-refractivity contribution in [3.8, 4) is 0 Å². The van der Waals surface area contributed by atoms with Crippen molar-refractivity contribution in [2.45, 2.75) is 18.4 Å². The monoisotopic (exact) mass is 296 g/mol. The van der Waals surface area contributed by atoms with E-state index in [2.05, 4.69) is 10.0 Å². The molecule has 0 spiro atoms. The second-order valence-corrected chi connectivity index (χ2v) is 6.89. The molecule has 1 heterocycles. The summed E-state index contributed by atoms with van der Waals surface area (Å²) in [7, 11) is -1.66. The number of hydrogen-bond acceptors (Lipinski definition) is 4. The highest BCUT2D eigenvalue weighted by atomic mass is 32.2. The summed E-state index contributed by atoms with van der Waals surface area (Å²) < 4.78 is 26.8. The van der Waals surface area contributed by atoms with Crippen molar-refractivity contribution in [2.24, 2.45) is 0 Å². The van der Waals surface area contributed by atoms with Crippen molar-refractivity contribution in [1.82, 2.24) is 4.72 Å². The van der Waals surface area contributed by atoms with Crippen molar-refractivity contribution in [1.29, 1.82) is 0 Å². The molecule has 0 saturated carbocycles. The van der Waals surface area contributed by atoms with Gasteiger partial charge in [-0.15, -0.1) is 11.3 Å². The van der Waals surface area contributed by atoms with Crippen LogP contribution < -0.4 is 10.0 Å². The number of anilines is 1. The summed E-state index contributed by atoms with van der Waals surface area (Å²) in [6.45, 7) is 2.31. The highest BCUT2D eigenvalue weighted by Gasteiger charge is 2.14. The first kappa shape index (κ1) is 14.0. The van der Waals surface area contributed by atoms with Crippen LogP contribution in [0.3, 0.4) is 0 Å². The van der Waals surface area contributed by atoms with Crippen molar-refractivity contribution < 1.29 is 8.42 Å². The van der Waals surface area contributed by atoms with Gasteiger partial charge in [0.2, 0.25) is 10.0 Å². The van der Waals surface area contributed by atoms with Gasteiger partial charge < -0.3 is 5.32 Å². The first-order valence-corrected chi connectivity index (χ1v) is 8.19. The first-order chi connectivity index (χ1) is 9.03. The summed E-state index contributed by atoms with van der Waals surface area (Å²) >= 11 is 1.55. The van der Waals surface area contributed by atoms with Crippen LogP contribution in [-0.4, -0.2) is 15.5 Å². The molecule has 0 radical (unpaired) electrons. The molecule has 0 unspecified atom stereocenters. The maximum absolute atomic E-state index is 12.1. The number of hydrogen-bond donors (Lipinski definition) is 2. The Balaban J connectivity index is 2.11. The molecule has 1 aromatic carbocycles. The molecular formula is C13H16N2O2S2. The van der Waals surface area contributed by atoms with Crippen molar-refractivity contribution in [2.75, 3.05) is 12.4 Å². The minimum atomic E-state index is -3.45. The summed E-state index contributed by atoms with van der Waals surface area (Å²) in [5, 5.41) is 4.91. The van der Waals surface area contributed by atoms with Crippen LogP contribution in [0.1, 0.15) is 10.4 Å². The lowest BCUT2D eigenvalue weighted by Gasteiger charge is -2.07. The smallest absolute Gasteiger partial charge is 0.240 e. The molecule has 4 nitrogen and oxygen atoms in total. The molecular weight excluding hydrogens is 280 g/mol. The third-order valence-corrected chi connectivity index (χ3v) is 5.28. The van der Waals surface area contributed by atoms with Crippen molar-refractivity contribution in [3.63, 3.8) is 0 Å². The zero-order valence-electron chi connectivity index (χ0n) is 10.8. The van der Waals surface area contributed by atoms with Crippen molar-refractivity contribution >= 4 is 27.0 Å². The summed E-state index contributed by atoms with van der Waals surface area (Å²) in [5.41, 5.74) is 1.99. The number of nitrogens with one attached hydrogen (secondary N) is 2. The van der Waals surface area contributed by atoms with E-state index in [0.29, 0.717) is 6.54 Å². The molecule has 19 heavy (non-hydrogen) atoms. The second-order valence-electron chi connectivity index (χ2n) is 4.13. The topological polar surface area (TPSA) is 58.2 Å². The minimum Gasteiger partial charge on any atom is -0.388 e. The predicted molar refractivity (Wildman–Crippen MR) is 79.1 cm³/mol. The van der Waals surface area contributed by atoms with E-state index in [-0.39, 0.29) is 4.90 Å². The fourth-order valence-electron chi connectivity index (χ4n) is 1.63. The average molecular weight is 296 g/mol. The first-order valence-electron chi connectivity index (χ1n) is 5.83. The summed E-state index contributed by atoms with van der Waals surface area (Å²) in [5.74, 6) is 0. The van der Waals surface area contributed by atoms with E-state index in [1.54, 1.807) is 42.6 Å². The molecule has 0 aliphatic carbocycles. The zero-order valence-corrected chi connectivity index (χ0v) is 12.4. The lowest BCUT2D eigenvalue weighted by atomic mass is 10.3. The van der Waals surface area contributed by atoms with Crippen LogP contribution in [0.25, 0.3) is 0 Å². The van der Waals surface area contributed by atoms with Crippen molar-refractivity contribution in [3.05, 3.63) is 46.2 Å². The summed E-state index contributed by atoms with van der Waals surface area (Å²) in [6.07, 6.45) is 0. The van der Waals surface area contributed by atoms with Crippen LogP contribution in [-0.2, 0) is 16.6 Å². The molecule has 2 aromatic rings. The second kappa shape index (κ2) is 5.73. The van der Waals surface area contributed by atoms with Crippen LogP contribution in [0.2, 0.25) is 0 Å². The number of aryl methyl sites for hydroxylation is 1. The van der Waals surface area contributed by atoms with E-state index in [0.717, 1.165) is 16.1 Å². The highest BCUT2D eigenvalue weighted by Crippen LogP contribution is 2.17. The molecule has 0 bridgehead atoms.